The zero-order valence-electron chi connectivity index (χ0n) is 15.8. The van der Waals surface area contributed by atoms with Crippen LogP contribution in [-0.2, 0) is 4.74 Å². The molecule has 2 atom stereocenters. The van der Waals surface area contributed by atoms with Gasteiger partial charge in [0.15, 0.2) is 0 Å². The van der Waals surface area contributed by atoms with Crippen LogP contribution in [0.4, 0.5) is 0 Å². The molecule has 0 saturated heterocycles. The third-order valence-electron chi connectivity index (χ3n) is 5.58. The van der Waals surface area contributed by atoms with Gasteiger partial charge in [0.05, 0.1) is 18.8 Å². The van der Waals surface area contributed by atoms with E-state index in [2.05, 4.69) is 30.3 Å². The number of aromatic nitrogens is 1. The molecule has 0 amide bonds. The Labute approximate surface area is 156 Å². The second kappa shape index (κ2) is 8.65. The summed E-state index contributed by atoms with van der Waals surface area (Å²) in [6.45, 7) is 4.26. The molecule has 1 aliphatic rings. The Morgan fingerprint density at radius 3 is 2.46 bits per heavy atom. The number of ether oxygens (including phenoxy) is 1. The predicted octanol–water partition coefficient (Wildman–Crippen LogP) is 3.79. The predicted molar refractivity (Wildman–Crippen MR) is 106 cm³/mol. The van der Waals surface area contributed by atoms with Crippen LogP contribution in [0, 0.1) is 6.92 Å². The molecule has 140 valence electrons. The first kappa shape index (κ1) is 18.9. The zero-order chi connectivity index (χ0) is 18.5. The molecule has 2 aromatic rings. The summed E-state index contributed by atoms with van der Waals surface area (Å²) in [5, 5.41) is 0. The second-order valence-corrected chi connectivity index (χ2v) is 7.55. The molecule has 0 radical (unpaired) electrons. The maximum absolute atomic E-state index is 12.4. The first-order valence-electron chi connectivity index (χ1n) is 9.66. The summed E-state index contributed by atoms with van der Waals surface area (Å²) in [7, 11) is 0. The average molecular weight is 354 g/mol. The summed E-state index contributed by atoms with van der Waals surface area (Å²) in [6.07, 6.45) is 6.52. The minimum atomic E-state index is -0.143. The molecule has 1 saturated carbocycles. The number of pyridine rings is 1. The molecular weight excluding hydrogens is 324 g/mol. The quantitative estimate of drug-likeness (QED) is 0.859. The molecule has 1 aliphatic carbocycles. The van der Waals surface area contributed by atoms with Crippen LogP contribution in [-0.4, -0.2) is 23.3 Å². The van der Waals surface area contributed by atoms with Crippen LogP contribution < -0.4 is 11.3 Å². The molecule has 1 fully saturated rings. The number of nitrogens with zero attached hydrogens (tertiary/aromatic N) is 1. The Morgan fingerprint density at radius 1 is 1.12 bits per heavy atom. The maximum atomic E-state index is 12.4. The van der Waals surface area contributed by atoms with Crippen molar-refractivity contribution >= 4 is 0 Å². The lowest BCUT2D eigenvalue weighted by molar-refractivity contribution is 0.00325. The molecule has 4 heteroatoms. The summed E-state index contributed by atoms with van der Waals surface area (Å²) in [5.74, 6) is 0.639. The summed E-state index contributed by atoms with van der Waals surface area (Å²) >= 11 is 0. The van der Waals surface area contributed by atoms with Gasteiger partial charge >= 0.3 is 0 Å². The van der Waals surface area contributed by atoms with Crippen molar-refractivity contribution < 1.29 is 4.74 Å². The van der Waals surface area contributed by atoms with Crippen molar-refractivity contribution in [3.63, 3.8) is 0 Å². The van der Waals surface area contributed by atoms with E-state index in [9.17, 15) is 4.79 Å². The van der Waals surface area contributed by atoms with Gasteiger partial charge in [0.25, 0.3) is 5.56 Å². The highest BCUT2D eigenvalue weighted by Gasteiger charge is 2.25. The molecule has 4 nitrogen and oxygen atoms in total. The van der Waals surface area contributed by atoms with Gasteiger partial charge in [-0.3, -0.25) is 4.79 Å². The first-order chi connectivity index (χ1) is 12.6. The first-order valence-corrected chi connectivity index (χ1v) is 9.66. The number of hydrogen-bond acceptors (Lipinski definition) is 3. The van der Waals surface area contributed by atoms with Gasteiger partial charge in [-0.05, 0) is 57.1 Å². The van der Waals surface area contributed by atoms with Crippen molar-refractivity contribution in [1.82, 2.24) is 4.57 Å². The molecule has 1 aromatic heterocycles. The Morgan fingerprint density at radius 2 is 1.81 bits per heavy atom. The second-order valence-electron chi connectivity index (χ2n) is 7.55. The standard InChI is InChI=1S/C22H30N2O2/c1-16-7-6-14-24(22(16)25)21(17(2)23)15-26-20-12-10-19(11-13-20)18-8-4-3-5-9-18/h3-9,14,17,19-21H,10-13,15,23H2,1-2H3/t17?,19-,20+,21?. The highest BCUT2D eigenvalue weighted by molar-refractivity contribution is 5.20. The molecule has 0 bridgehead atoms. The fraction of sp³-hybridized carbons (Fsp3) is 0.500. The molecule has 2 N–H and O–H groups in total. The highest BCUT2D eigenvalue weighted by Crippen LogP contribution is 2.34. The van der Waals surface area contributed by atoms with Crippen molar-refractivity contribution in [2.75, 3.05) is 6.61 Å². The van der Waals surface area contributed by atoms with Crippen LogP contribution in [0.2, 0.25) is 0 Å². The lowest BCUT2D eigenvalue weighted by Crippen LogP contribution is -2.39. The topological polar surface area (TPSA) is 57.2 Å². The number of aryl methyl sites for hydroxylation is 1. The third kappa shape index (κ3) is 4.43. The van der Waals surface area contributed by atoms with Gasteiger partial charge in [-0.25, -0.2) is 0 Å². The highest BCUT2D eigenvalue weighted by atomic mass is 16.5. The van der Waals surface area contributed by atoms with E-state index in [1.807, 2.05) is 32.2 Å². The largest absolute Gasteiger partial charge is 0.376 e. The van der Waals surface area contributed by atoms with Crippen molar-refractivity contribution in [1.29, 1.82) is 0 Å². The lowest BCUT2D eigenvalue weighted by Gasteiger charge is -2.31. The van der Waals surface area contributed by atoms with Crippen molar-refractivity contribution in [2.45, 2.75) is 63.6 Å². The molecule has 1 heterocycles. The van der Waals surface area contributed by atoms with E-state index in [0.717, 1.165) is 31.2 Å². The van der Waals surface area contributed by atoms with Crippen molar-refractivity contribution in [3.05, 3.63) is 70.1 Å². The van der Waals surface area contributed by atoms with Crippen LogP contribution >= 0.6 is 0 Å². The Balaban J connectivity index is 1.58. The van der Waals surface area contributed by atoms with Crippen molar-refractivity contribution in [3.8, 4) is 0 Å². The molecule has 2 unspecified atom stereocenters. The summed E-state index contributed by atoms with van der Waals surface area (Å²) in [4.78, 5) is 12.4. The van der Waals surface area contributed by atoms with Gasteiger partial charge in [0.1, 0.15) is 0 Å². The van der Waals surface area contributed by atoms with E-state index < -0.39 is 0 Å². The zero-order valence-corrected chi connectivity index (χ0v) is 15.8. The molecule has 0 aliphatic heterocycles. The molecule has 26 heavy (non-hydrogen) atoms. The van der Waals surface area contributed by atoms with Gasteiger partial charge in [-0.2, -0.15) is 0 Å². The van der Waals surface area contributed by atoms with Crippen LogP contribution in [0.1, 0.15) is 55.7 Å². The number of benzene rings is 1. The molecule has 1 aromatic carbocycles. The molecule has 0 spiro atoms. The SMILES string of the molecule is Cc1cccn(C(CO[C@H]2CC[C@@H](c3ccccc3)CC2)C(C)N)c1=O. The van der Waals surface area contributed by atoms with Crippen LogP contribution in [0.3, 0.4) is 0 Å². The summed E-state index contributed by atoms with van der Waals surface area (Å²) in [5.41, 5.74) is 8.35. The number of hydrogen-bond donors (Lipinski definition) is 1. The van der Waals surface area contributed by atoms with E-state index in [1.165, 1.54) is 5.56 Å². The molecular formula is C22H30N2O2. The van der Waals surface area contributed by atoms with Gasteiger partial charge in [-0.15, -0.1) is 0 Å². The van der Waals surface area contributed by atoms with Gasteiger partial charge in [0, 0.05) is 17.8 Å². The van der Waals surface area contributed by atoms with Crippen LogP contribution in [0.5, 0.6) is 0 Å². The monoisotopic (exact) mass is 354 g/mol. The molecule has 3 rings (SSSR count). The normalized spacial score (nSPS) is 22.7. The Bertz CT molecular complexity index is 746. The van der Waals surface area contributed by atoms with Gasteiger partial charge in [-0.1, -0.05) is 36.4 Å². The van der Waals surface area contributed by atoms with E-state index >= 15 is 0 Å². The minimum Gasteiger partial charge on any atom is -0.376 e. The van der Waals surface area contributed by atoms with Gasteiger partial charge in [0.2, 0.25) is 0 Å². The third-order valence-corrected chi connectivity index (χ3v) is 5.58. The van der Waals surface area contributed by atoms with Crippen LogP contribution in [0.25, 0.3) is 0 Å². The summed E-state index contributed by atoms with van der Waals surface area (Å²) in [6, 6.07) is 14.2. The van der Waals surface area contributed by atoms with Gasteiger partial charge < -0.3 is 15.0 Å². The minimum absolute atomic E-state index is 0.0196. The number of rotatable bonds is 6. The smallest absolute Gasteiger partial charge is 0.253 e. The lowest BCUT2D eigenvalue weighted by atomic mass is 9.83. The fourth-order valence-corrected chi connectivity index (χ4v) is 3.89. The van der Waals surface area contributed by atoms with Crippen molar-refractivity contribution in [2.24, 2.45) is 5.73 Å². The fourth-order valence-electron chi connectivity index (χ4n) is 3.89. The Hall–Kier alpha value is -1.91. The summed E-state index contributed by atoms with van der Waals surface area (Å²) < 4.78 is 7.93. The van der Waals surface area contributed by atoms with E-state index in [1.54, 1.807) is 4.57 Å². The van der Waals surface area contributed by atoms with E-state index in [-0.39, 0.29) is 23.7 Å². The van der Waals surface area contributed by atoms with Crippen LogP contribution in [0.15, 0.2) is 53.5 Å². The van der Waals surface area contributed by atoms with E-state index in [4.69, 9.17) is 10.5 Å². The maximum Gasteiger partial charge on any atom is 0.253 e. The average Bonchev–Trinajstić information content (AvgIpc) is 2.66. The Kier molecular flexibility index (Phi) is 6.28. The number of nitrogens with two attached hydrogens (primary N) is 1. The van der Waals surface area contributed by atoms with E-state index in [0.29, 0.717) is 12.5 Å².